The number of rotatable bonds is 3. The third kappa shape index (κ3) is 3.61. The van der Waals surface area contributed by atoms with Gasteiger partial charge in [0.2, 0.25) is 0 Å². The minimum Gasteiger partial charge on any atom is -0.375 e. The largest absolute Gasteiger partial charge is 0.416 e. The molecule has 8 heteroatoms. The SMILES string of the molecule is OC(c1n[nH]c2c1CCOC2)N1CCC(c2ccccc2C(F)(F)F)CC1. The fourth-order valence-electron chi connectivity index (χ4n) is 4.12. The second-order valence-corrected chi connectivity index (χ2v) is 7.14. The lowest BCUT2D eigenvalue weighted by molar-refractivity contribution is -0.138. The molecule has 1 fully saturated rings. The topological polar surface area (TPSA) is 61.4 Å². The van der Waals surface area contributed by atoms with E-state index in [2.05, 4.69) is 10.2 Å². The van der Waals surface area contributed by atoms with Gasteiger partial charge >= 0.3 is 6.18 Å². The number of aliphatic hydroxyl groups excluding tert-OH is 1. The van der Waals surface area contributed by atoms with E-state index < -0.39 is 18.0 Å². The summed E-state index contributed by atoms with van der Waals surface area (Å²) in [5, 5.41) is 17.9. The zero-order valence-electron chi connectivity index (χ0n) is 14.8. The molecule has 5 nitrogen and oxygen atoms in total. The van der Waals surface area contributed by atoms with Gasteiger partial charge in [-0.3, -0.25) is 10.00 Å². The molecule has 1 atom stereocenters. The Morgan fingerprint density at radius 1 is 1.22 bits per heavy atom. The molecule has 0 saturated carbocycles. The second-order valence-electron chi connectivity index (χ2n) is 7.14. The van der Waals surface area contributed by atoms with Crippen LogP contribution in [0.2, 0.25) is 0 Å². The van der Waals surface area contributed by atoms with E-state index in [1.807, 2.05) is 4.90 Å². The summed E-state index contributed by atoms with van der Waals surface area (Å²) in [6, 6.07) is 5.80. The van der Waals surface area contributed by atoms with Gasteiger partial charge in [-0.1, -0.05) is 18.2 Å². The minimum absolute atomic E-state index is 0.159. The van der Waals surface area contributed by atoms with E-state index in [-0.39, 0.29) is 5.92 Å². The number of piperidine rings is 1. The van der Waals surface area contributed by atoms with E-state index >= 15 is 0 Å². The maximum Gasteiger partial charge on any atom is 0.416 e. The van der Waals surface area contributed by atoms with Gasteiger partial charge in [0.05, 0.1) is 24.5 Å². The van der Waals surface area contributed by atoms with Crippen molar-refractivity contribution >= 4 is 0 Å². The van der Waals surface area contributed by atoms with Crippen molar-refractivity contribution in [2.75, 3.05) is 19.7 Å². The summed E-state index contributed by atoms with van der Waals surface area (Å²) in [6.45, 7) is 2.11. The van der Waals surface area contributed by atoms with Crippen LogP contribution in [0.3, 0.4) is 0 Å². The van der Waals surface area contributed by atoms with Crippen LogP contribution >= 0.6 is 0 Å². The van der Waals surface area contributed by atoms with E-state index in [1.54, 1.807) is 12.1 Å². The Bertz CT molecular complexity index is 798. The number of hydrogen-bond donors (Lipinski definition) is 2. The lowest BCUT2D eigenvalue weighted by atomic mass is 9.86. The lowest BCUT2D eigenvalue weighted by Gasteiger charge is -2.35. The number of fused-ring (bicyclic) bond motifs is 1. The molecule has 4 rings (SSSR count). The number of aromatic nitrogens is 2. The van der Waals surface area contributed by atoms with Crippen LogP contribution < -0.4 is 0 Å². The number of benzene rings is 1. The second kappa shape index (κ2) is 7.26. The van der Waals surface area contributed by atoms with Crippen molar-refractivity contribution < 1.29 is 23.0 Å². The highest BCUT2D eigenvalue weighted by Gasteiger charge is 2.36. The first kappa shape index (κ1) is 18.5. The summed E-state index contributed by atoms with van der Waals surface area (Å²) < 4.78 is 45.2. The predicted octanol–water partition coefficient (Wildman–Crippen LogP) is 3.37. The minimum atomic E-state index is -4.34. The van der Waals surface area contributed by atoms with E-state index in [1.165, 1.54) is 6.07 Å². The Kier molecular flexibility index (Phi) is 4.96. The standard InChI is InChI=1S/C19H22F3N3O2/c20-19(21,22)15-4-2-1-3-13(15)12-5-8-25(9-6-12)18(26)17-14-7-10-27-11-16(14)23-24-17/h1-4,12,18,26H,5-11H2,(H,23,24). The molecule has 3 heterocycles. The van der Waals surface area contributed by atoms with Crippen molar-refractivity contribution in [2.24, 2.45) is 0 Å². The van der Waals surface area contributed by atoms with Crippen molar-refractivity contribution in [1.82, 2.24) is 15.1 Å². The van der Waals surface area contributed by atoms with Gasteiger partial charge in [-0.15, -0.1) is 0 Å². The third-order valence-electron chi connectivity index (χ3n) is 5.55. The molecule has 2 N–H and O–H groups in total. The molecule has 0 bridgehead atoms. The van der Waals surface area contributed by atoms with Gasteiger partial charge in [0, 0.05) is 18.7 Å². The summed E-state index contributed by atoms with van der Waals surface area (Å²) in [5.41, 5.74) is 2.31. The summed E-state index contributed by atoms with van der Waals surface area (Å²) in [4.78, 5) is 1.89. The lowest BCUT2D eigenvalue weighted by Crippen LogP contribution is -2.37. The maximum absolute atomic E-state index is 13.3. The predicted molar refractivity (Wildman–Crippen MR) is 91.9 cm³/mol. The Morgan fingerprint density at radius 3 is 2.70 bits per heavy atom. The number of alkyl halides is 3. The average Bonchev–Trinajstić information content (AvgIpc) is 3.11. The van der Waals surface area contributed by atoms with Crippen molar-refractivity contribution in [3.8, 4) is 0 Å². The highest BCUT2D eigenvalue weighted by molar-refractivity contribution is 5.33. The molecule has 0 aliphatic carbocycles. The molecular formula is C19H22F3N3O2. The van der Waals surface area contributed by atoms with Gasteiger partial charge in [0.15, 0.2) is 6.23 Å². The number of likely N-dealkylation sites (tertiary alicyclic amines) is 1. The number of nitrogens with zero attached hydrogens (tertiary/aromatic N) is 2. The first-order valence-corrected chi connectivity index (χ1v) is 9.17. The van der Waals surface area contributed by atoms with Crippen LogP contribution in [-0.4, -0.2) is 39.9 Å². The summed E-state index contributed by atoms with van der Waals surface area (Å²) in [7, 11) is 0. The van der Waals surface area contributed by atoms with Crippen LogP contribution in [0, 0.1) is 0 Å². The van der Waals surface area contributed by atoms with Crippen LogP contribution in [0.4, 0.5) is 13.2 Å². The molecule has 1 aromatic heterocycles. The van der Waals surface area contributed by atoms with Gasteiger partial charge in [-0.2, -0.15) is 18.3 Å². The molecule has 146 valence electrons. The van der Waals surface area contributed by atoms with Crippen molar-refractivity contribution in [3.63, 3.8) is 0 Å². The summed E-state index contributed by atoms with van der Waals surface area (Å²) in [6.07, 6.45) is -3.35. The fourth-order valence-corrected chi connectivity index (χ4v) is 4.12. The zero-order chi connectivity index (χ0) is 19.0. The van der Waals surface area contributed by atoms with E-state index in [0.29, 0.717) is 56.8 Å². The van der Waals surface area contributed by atoms with Gasteiger partial charge in [-0.05, 0) is 36.8 Å². The number of aromatic amines is 1. The Balaban J connectivity index is 1.46. The molecule has 1 aromatic carbocycles. The van der Waals surface area contributed by atoms with Crippen molar-refractivity contribution in [2.45, 2.75) is 44.2 Å². The molecule has 0 radical (unpaired) electrons. The highest BCUT2D eigenvalue weighted by Crippen LogP contribution is 2.39. The average molecular weight is 381 g/mol. The molecule has 0 amide bonds. The van der Waals surface area contributed by atoms with E-state index in [0.717, 1.165) is 17.3 Å². The first-order chi connectivity index (χ1) is 12.9. The maximum atomic E-state index is 13.3. The summed E-state index contributed by atoms with van der Waals surface area (Å²) >= 11 is 0. The van der Waals surface area contributed by atoms with Crippen molar-refractivity contribution in [3.05, 3.63) is 52.3 Å². The Labute approximate surface area is 155 Å². The zero-order valence-corrected chi connectivity index (χ0v) is 14.8. The number of H-pyrrole nitrogens is 1. The number of hydrogen-bond acceptors (Lipinski definition) is 4. The molecule has 1 saturated heterocycles. The molecule has 0 spiro atoms. The van der Waals surface area contributed by atoms with E-state index in [4.69, 9.17) is 4.74 Å². The quantitative estimate of drug-likeness (QED) is 0.856. The highest BCUT2D eigenvalue weighted by atomic mass is 19.4. The molecule has 2 aliphatic heterocycles. The third-order valence-corrected chi connectivity index (χ3v) is 5.55. The van der Waals surface area contributed by atoms with Crippen LogP contribution in [0.5, 0.6) is 0 Å². The van der Waals surface area contributed by atoms with Gasteiger partial charge in [0.1, 0.15) is 5.69 Å². The monoisotopic (exact) mass is 381 g/mol. The number of nitrogens with one attached hydrogen (secondary N) is 1. The Morgan fingerprint density at radius 2 is 1.96 bits per heavy atom. The van der Waals surface area contributed by atoms with Crippen LogP contribution in [-0.2, 0) is 23.9 Å². The van der Waals surface area contributed by atoms with Crippen molar-refractivity contribution in [1.29, 1.82) is 0 Å². The van der Waals surface area contributed by atoms with Gasteiger partial charge in [0.25, 0.3) is 0 Å². The number of ether oxygens (including phenoxy) is 1. The molecule has 1 unspecified atom stereocenters. The van der Waals surface area contributed by atoms with Crippen LogP contribution in [0.15, 0.2) is 24.3 Å². The van der Waals surface area contributed by atoms with E-state index in [9.17, 15) is 18.3 Å². The fraction of sp³-hybridized carbons (Fsp3) is 0.526. The normalized spacial score (nSPS) is 20.4. The van der Waals surface area contributed by atoms with Gasteiger partial charge in [-0.25, -0.2) is 0 Å². The number of aliphatic hydroxyl groups is 1. The first-order valence-electron chi connectivity index (χ1n) is 9.17. The smallest absolute Gasteiger partial charge is 0.375 e. The number of halogens is 3. The molecule has 27 heavy (non-hydrogen) atoms. The molecule has 2 aromatic rings. The summed E-state index contributed by atoms with van der Waals surface area (Å²) in [5.74, 6) is -0.159. The molecular weight excluding hydrogens is 359 g/mol. The van der Waals surface area contributed by atoms with Crippen LogP contribution in [0.25, 0.3) is 0 Å². The van der Waals surface area contributed by atoms with Gasteiger partial charge < -0.3 is 9.84 Å². The Hall–Kier alpha value is -1.90. The molecule has 2 aliphatic rings. The van der Waals surface area contributed by atoms with Crippen LogP contribution in [0.1, 0.15) is 53.1 Å².